The molecule has 1 fully saturated rings. The lowest BCUT2D eigenvalue weighted by Gasteiger charge is -2.21. The Labute approximate surface area is 119 Å². The first-order valence-electron chi connectivity index (χ1n) is 6.81. The minimum Gasteiger partial charge on any atom is -0.303 e. The van der Waals surface area contributed by atoms with E-state index in [9.17, 15) is 14.4 Å². The second-order valence-electron chi connectivity index (χ2n) is 5.82. The molecule has 0 radical (unpaired) electrons. The van der Waals surface area contributed by atoms with Crippen molar-refractivity contribution in [1.82, 2.24) is 4.90 Å². The summed E-state index contributed by atoms with van der Waals surface area (Å²) in [5.74, 6) is -0.0950. The lowest BCUT2D eigenvalue weighted by atomic mass is 10.2. The number of carbonyl (C=O) groups excluding carboxylic acids is 3. The van der Waals surface area contributed by atoms with Gasteiger partial charge in [0.2, 0.25) is 11.8 Å². The van der Waals surface area contributed by atoms with Gasteiger partial charge in [0.05, 0.1) is 5.25 Å². The molecule has 0 N–H and O–H groups in total. The highest BCUT2D eigenvalue weighted by atomic mass is 32.2. The van der Waals surface area contributed by atoms with Crippen molar-refractivity contribution < 1.29 is 14.4 Å². The minimum atomic E-state index is -0.220. The first kappa shape index (κ1) is 16.2. The van der Waals surface area contributed by atoms with Gasteiger partial charge in [-0.2, -0.15) is 0 Å². The van der Waals surface area contributed by atoms with Crippen molar-refractivity contribution in [3.63, 3.8) is 0 Å². The van der Waals surface area contributed by atoms with Gasteiger partial charge < -0.3 is 4.79 Å². The van der Waals surface area contributed by atoms with Crippen LogP contribution in [0, 0.1) is 0 Å². The first-order valence-corrected chi connectivity index (χ1v) is 7.69. The quantitative estimate of drug-likeness (QED) is 0.409. The van der Waals surface area contributed by atoms with E-state index < -0.39 is 0 Å². The second-order valence-corrected chi connectivity index (χ2v) is 7.85. The van der Waals surface area contributed by atoms with Gasteiger partial charge in [0.1, 0.15) is 6.29 Å². The Morgan fingerprint density at radius 1 is 1.26 bits per heavy atom. The second kappa shape index (κ2) is 7.08. The number of unbranched alkanes of at least 4 members (excludes halogenated alkanes) is 3. The summed E-state index contributed by atoms with van der Waals surface area (Å²) in [7, 11) is 0. The molecule has 5 heteroatoms. The number of carbonyl (C=O) groups is 3. The molecule has 0 saturated carbocycles. The Morgan fingerprint density at radius 2 is 1.95 bits per heavy atom. The SMILES string of the molecule is CC(C)(C)S[C@@H]1CC(=O)N(CCCCCC=O)C1=O. The van der Waals surface area contributed by atoms with Crippen LogP contribution in [-0.2, 0) is 14.4 Å². The maximum atomic E-state index is 12.1. The van der Waals surface area contributed by atoms with Crippen LogP contribution in [0.25, 0.3) is 0 Å². The average molecular weight is 285 g/mol. The summed E-state index contributed by atoms with van der Waals surface area (Å²) in [4.78, 5) is 35.6. The van der Waals surface area contributed by atoms with Crippen molar-refractivity contribution in [1.29, 1.82) is 0 Å². The van der Waals surface area contributed by atoms with Crippen LogP contribution in [0.15, 0.2) is 0 Å². The van der Waals surface area contributed by atoms with Gasteiger partial charge in [0.15, 0.2) is 0 Å². The van der Waals surface area contributed by atoms with Crippen molar-refractivity contribution in [3.05, 3.63) is 0 Å². The number of rotatable bonds is 7. The molecule has 0 spiro atoms. The van der Waals surface area contributed by atoms with Gasteiger partial charge in [0.25, 0.3) is 0 Å². The predicted molar refractivity (Wildman–Crippen MR) is 77.0 cm³/mol. The zero-order valence-electron chi connectivity index (χ0n) is 12.0. The lowest BCUT2D eigenvalue weighted by molar-refractivity contribution is -0.138. The Kier molecular flexibility index (Phi) is 6.04. The molecule has 1 aliphatic heterocycles. The van der Waals surface area contributed by atoms with E-state index in [0.29, 0.717) is 19.4 Å². The highest BCUT2D eigenvalue weighted by molar-refractivity contribution is 8.01. The molecule has 4 nitrogen and oxygen atoms in total. The van der Waals surface area contributed by atoms with Crippen LogP contribution in [0.3, 0.4) is 0 Å². The van der Waals surface area contributed by atoms with Gasteiger partial charge in [-0.1, -0.05) is 27.2 Å². The Hall–Kier alpha value is -0.840. The minimum absolute atomic E-state index is 0.0133. The van der Waals surface area contributed by atoms with E-state index in [1.54, 1.807) is 11.8 Å². The molecule has 0 aromatic rings. The Balaban J connectivity index is 2.41. The fraction of sp³-hybridized carbons (Fsp3) is 0.786. The van der Waals surface area contributed by atoms with Crippen LogP contribution >= 0.6 is 11.8 Å². The van der Waals surface area contributed by atoms with Gasteiger partial charge in [-0.05, 0) is 12.8 Å². The third-order valence-corrected chi connectivity index (χ3v) is 4.26. The maximum Gasteiger partial charge on any atom is 0.242 e. The zero-order chi connectivity index (χ0) is 14.5. The van der Waals surface area contributed by atoms with E-state index in [1.165, 1.54) is 4.90 Å². The molecule has 1 saturated heterocycles. The van der Waals surface area contributed by atoms with Gasteiger partial charge in [0, 0.05) is 24.1 Å². The van der Waals surface area contributed by atoms with E-state index in [-0.39, 0.29) is 21.8 Å². The lowest BCUT2D eigenvalue weighted by Crippen LogP contribution is -2.33. The molecule has 1 atom stereocenters. The summed E-state index contributed by atoms with van der Waals surface area (Å²) in [5, 5.41) is -0.220. The Morgan fingerprint density at radius 3 is 2.53 bits per heavy atom. The van der Waals surface area contributed by atoms with E-state index in [4.69, 9.17) is 0 Å². The number of thioether (sulfide) groups is 1. The van der Waals surface area contributed by atoms with Crippen LogP contribution in [0.5, 0.6) is 0 Å². The molecule has 1 heterocycles. The van der Waals surface area contributed by atoms with Crippen LogP contribution in [0.1, 0.15) is 52.9 Å². The maximum absolute atomic E-state index is 12.1. The molecule has 0 unspecified atom stereocenters. The van der Waals surface area contributed by atoms with Crippen molar-refractivity contribution in [2.75, 3.05) is 6.54 Å². The zero-order valence-corrected chi connectivity index (χ0v) is 12.8. The normalized spacial score (nSPS) is 20.2. The predicted octanol–water partition coefficient (Wildman–Crippen LogP) is 2.40. The monoisotopic (exact) mass is 285 g/mol. The summed E-state index contributed by atoms with van der Waals surface area (Å²) < 4.78 is -0.0133. The van der Waals surface area contributed by atoms with Crippen LogP contribution in [-0.4, -0.2) is 39.5 Å². The van der Waals surface area contributed by atoms with Crippen molar-refractivity contribution in [2.24, 2.45) is 0 Å². The number of nitrogens with zero attached hydrogens (tertiary/aromatic N) is 1. The largest absolute Gasteiger partial charge is 0.303 e. The van der Waals surface area contributed by atoms with Gasteiger partial charge in [-0.15, -0.1) is 11.8 Å². The highest BCUT2D eigenvalue weighted by Crippen LogP contribution is 2.34. The van der Waals surface area contributed by atoms with Crippen molar-refractivity contribution >= 4 is 29.9 Å². The fourth-order valence-electron chi connectivity index (χ4n) is 2.08. The summed E-state index contributed by atoms with van der Waals surface area (Å²) in [6, 6.07) is 0. The molecular weight excluding hydrogens is 262 g/mol. The molecule has 108 valence electrons. The number of hydrogen-bond acceptors (Lipinski definition) is 4. The summed E-state index contributed by atoms with van der Waals surface area (Å²) in [6.45, 7) is 6.66. The van der Waals surface area contributed by atoms with Crippen molar-refractivity contribution in [3.8, 4) is 0 Å². The van der Waals surface area contributed by atoms with E-state index in [0.717, 1.165) is 25.5 Å². The molecule has 1 aliphatic rings. The molecule has 0 aromatic carbocycles. The smallest absolute Gasteiger partial charge is 0.242 e. The van der Waals surface area contributed by atoms with Crippen LogP contribution in [0.4, 0.5) is 0 Å². The van der Waals surface area contributed by atoms with Crippen molar-refractivity contribution in [2.45, 2.75) is 62.9 Å². The third kappa shape index (κ3) is 5.35. The molecule has 19 heavy (non-hydrogen) atoms. The number of hydrogen-bond donors (Lipinski definition) is 0. The topological polar surface area (TPSA) is 54.5 Å². The summed E-state index contributed by atoms with van der Waals surface area (Å²) in [6.07, 6.45) is 4.30. The number of likely N-dealkylation sites (tertiary alicyclic amines) is 1. The number of imide groups is 1. The molecular formula is C14H23NO3S. The first-order chi connectivity index (χ1) is 8.85. The third-order valence-electron chi connectivity index (χ3n) is 2.90. The molecule has 0 aliphatic carbocycles. The number of aldehydes is 1. The van der Waals surface area contributed by atoms with E-state index in [1.807, 2.05) is 0 Å². The van der Waals surface area contributed by atoms with Gasteiger partial charge >= 0.3 is 0 Å². The molecule has 2 amide bonds. The summed E-state index contributed by atoms with van der Waals surface area (Å²) >= 11 is 1.57. The Bertz CT molecular complexity index is 349. The van der Waals surface area contributed by atoms with Gasteiger partial charge in [-0.25, -0.2) is 0 Å². The number of amides is 2. The van der Waals surface area contributed by atoms with Gasteiger partial charge in [-0.3, -0.25) is 14.5 Å². The standard InChI is InChI=1S/C14H23NO3S/c1-14(2,3)19-11-10-12(17)15(13(11)18)8-6-4-5-7-9-16/h9,11H,4-8,10H2,1-3H3/t11-/m1/s1. The molecule has 0 bridgehead atoms. The molecule has 0 aromatic heterocycles. The fourth-order valence-corrected chi connectivity index (χ4v) is 3.39. The molecule has 1 rings (SSSR count). The van der Waals surface area contributed by atoms with E-state index in [2.05, 4.69) is 20.8 Å². The average Bonchev–Trinajstić information content (AvgIpc) is 2.53. The summed E-state index contributed by atoms with van der Waals surface area (Å²) in [5.41, 5.74) is 0. The highest BCUT2D eigenvalue weighted by Gasteiger charge is 2.40. The van der Waals surface area contributed by atoms with Crippen LogP contribution in [0.2, 0.25) is 0 Å². The van der Waals surface area contributed by atoms with Crippen LogP contribution < -0.4 is 0 Å². The van der Waals surface area contributed by atoms with E-state index >= 15 is 0 Å².